The molecule has 3 heteroatoms. The summed E-state index contributed by atoms with van der Waals surface area (Å²) in [6, 6.07) is 9.79. The Morgan fingerprint density at radius 1 is 1.13 bits per heavy atom. The highest BCUT2D eigenvalue weighted by atomic mass is 35.5. The third-order valence-electron chi connectivity index (χ3n) is 2.28. The Kier molecular flexibility index (Phi) is 2.60. The Bertz CT molecular complexity index is 457. The molecule has 0 saturated heterocycles. The van der Waals surface area contributed by atoms with Crippen molar-refractivity contribution in [3.8, 4) is 11.1 Å². The van der Waals surface area contributed by atoms with Crippen molar-refractivity contribution < 1.29 is 0 Å². The van der Waals surface area contributed by atoms with E-state index in [4.69, 9.17) is 17.3 Å². The number of aromatic nitrogens is 1. The summed E-state index contributed by atoms with van der Waals surface area (Å²) in [5.41, 5.74) is 9.53. The van der Waals surface area contributed by atoms with Gasteiger partial charge in [0.1, 0.15) is 5.15 Å². The third kappa shape index (κ3) is 1.95. The number of anilines is 1. The second-order valence-electron chi connectivity index (χ2n) is 3.43. The average Bonchev–Trinajstić information content (AvgIpc) is 2.20. The standard InChI is InChI=1S/C12H11ClN2/c1-8-2-4-9(5-3-8)11-10(14)6-7-15-12(11)13/h2-7H,1H3,(H2,14,15). The molecule has 2 nitrogen and oxygen atoms in total. The maximum Gasteiger partial charge on any atom is 0.138 e. The van der Waals surface area contributed by atoms with Crippen molar-refractivity contribution >= 4 is 17.3 Å². The summed E-state index contributed by atoms with van der Waals surface area (Å²) >= 11 is 6.01. The van der Waals surface area contributed by atoms with E-state index in [2.05, 4.69) is 4.98 Å². The van der Waals surface area contributed by atoms with Gasteiger partial charge in [0.05, 0.1) is 0 Å². The molecular weight excluding hydrogens is 208 g/mol. The minimum atomic E-state index is 0.443. The number of benzene rings is 1. The molecule has 2 aromatic rings. The van der Waals surface area contributed by atoms with Crippen molar-refractivity contribution in [3.05, 3.63) is 47.2 Å². The first-order chi connectivity index (χ1) is 7.18. The zero-order chi connectivity index (χ0) is 10.8. The van der Waals surface area contributed by atoms with Crippen molar-refractivity contribution in [1.82, 2.24) is 4.98 Å². The fraction of sp³-hybridized carbons (Fsp3) is 0.0833. The number of rotatable bonds is 1. The first-order valence-corrected chi connectivity index (χ1v) is 5.03. The number of pyridine rings is 1. The maximum atomic E-state index is 6.01. The third-order valence-corrected chi connectivity index (χ3v) is 2.56. The topological polar surface area (TPSA) is 38.9 Å². The number of nitrogens with zero attached hydrogens (tertiary/aromatic N) is 1. The van der Waals surface area contributed by atoms with E-state index in [1.165, 1.54) is 5.56 Å². The van der Waals surface area contributed by atoms with Crippen LogP contribution in [0.3, 0.4) is 0 Å². The molecule has 76 valence electrons. The van der Waals surface area contributed by atoms with Crippen molar-refractivity contribution in [2.45, 2.75) is 6.92 Å². The van der Waals surface area contributed by atoms with Crippen LogP contribution >= 0.6 is 11.6 Å². The summed E-state index contributed by atoms with van der Waals surface area (Å²) in [4.78, 5) is 4.02. The Balaban J connectivity index is 2.58. The molecule has 0 aliphatic carbocycles. The lowest BCUT2D eigenvalue weighted by molar-refractivity contribution is 1.33. The smallest absolute Gasteiger partial charge is 0.138 e. The summed E-state index contributed by atoms with van der Waals surface area (Å²) in [5, 5.41) is 0.443. The molecule has 2 N–H and O–H groups in total. The minimum Gasteiger partial charge on any atom is -0.398 e. The number of hydrogen-bond donors (Lipinski definition) is 1. The fourth-order valence-corrected chi connectivity index (χ4v) is 1.73. The number of nitrogen functional groups attached to an aromatic ring is 1. The summed E-state index contributed by atoms with van der Waals surface area (Å²) in [7, 11) is 0. The van der Waals surface area contributed by atoms with Crippen LogP contribution in [0.2, 0.25) is 5.15 Å². The van der Waals surface area contributed by atoms with Crippen LogP contribution in [0.25, 0.3) is 11.1 Å². The minimum absolute atomic E-state index is 0.443. The van der Waals surface area contributed by atoms with Gasteiger partial charge < -0.3 is 5.73 Å². The van der Waals surface area contributed by atoms with Gasteiger partial charge in [0.15, 0.2) is 0 Å². The van der Waals surface area contributed by atoms with Gasteiger partial charge in [0.2, 0.25) is 0 Å². The van der Waals surface area contributed by atoms with Crippen LogP contribution in [0, 0.1) is 6.92 Å². The van der Waals surface area contributed by atoms with Crippen molar-refractivity contribution in [2.75, 3.05) is 5.73 Å². The lowest BCUT2D eigenvalue weighted by atomic mass is 10.0. The number of halogens is 1. The van der Waals surface area contributed by atoms with E-state index in [0.717, 1.165) is 11.1 Å². The Hall–Kier alpha value is -1.54. The molecule has 0 atom stereocenters. The van der Waals surface area contributed by atoms with E-state index < -0.39 is 0 Å². The second-order valence-corrected chi connectivity index (χ2v) is 3.79. The van der Waals surface area contributed by atoms with Gasteiger partial charge in [-0.05, 0) is 18.6 Å². The zero-order valence-electron chi connectivity index (χ0n) is 8.37. The molecule has 0 radical (unpaired) electrons. The van der Waals surface area contributed by atoms with Gasteiger partial charge in [-0.2, -0.15) is 0 Å². The fourth-order valence-electron chi connectivity index (χ4n) is 1.46. The highest BCUT2D eigenvalue weighted by Crippen LogP contribution is 2.31. The van der Waals surface area contributed by atoms with E-state index in [1.54, 1.807) is 12.3 Å². The molecule has 0 spiro atoms. The zero-order valence-corrected chi connectivity index (χ0v) is 9.12. The first-order valence-electron chi connectivity index (χ1n) is 4.65. The van der Waals surface area contributed by atoms with Crippen molar-refractivity contribution in [1.29, 1.82) is 0 Å². The molecule has 2 rings (SSSR count). The van der Waals surface area contributed by atoms with Crippen LogP contribution in [0.5, 0.6) is 0 Å². The molecular formula is C12H11ClN2. The molecule has 0 unspecified atom stereocenters. The van der Waals surface area contributed by atoms with Crippen LogP contribution in [0.4, 0.5) is 5.69 Å². The van der Waals surface area contributed by atoms with Gasteiger partial charge in [-0.15, -0.1) is 0 Å². The van der Waals surface area contributed by atoms with Crippen LogP contribution < -0.4 is 5.73 Å². The molecule has 0 fully saturated rings. The van der Waals surface area contributed by atoms with Gasteiger partial charge in [-0.1, -0.05) is 41.4 Å². The van der Waals surface area contributed by atoms with Crippen LogP contribution in [-0.2, 0) is 0 Å². The molecule has 1 aromatic carbocycles. The van der Waals surface area contributed by atoms with Gasteiger partial charge in [0, 0.05) is 17.4 Å². The molecule has 0 aliphatic heterocycles. The van der Waals surface area contributed by atoms with Crippen LogP contribution in [-0.4, -0.2) is 4.98 Å². The Morgan fingerprint density at radius 2 is 1.80 bits per heavy atom. The van der Waals surface area contributed by atoms with Gasteiger partial charge in [0.25, 0.3) is 0 Å². The van der Waals surface area contributed by atoms with Crippen molar-refractivity contribution in [2.24, 2.45) is 0 Å². The normalized spacial score (nSPS) is 10.3. The number of hydrogen-bond acceptors (Lipinski definition) is 2. The molecule has 0 amide bonds. The maximum absolute atomic E-state index is 6.01. The van der Waals surface area contributed by atoms with E-state index in [-0.39, 0.29) is 0 Å². The predicted molar refractivity (Wildman–Crippen MR) is 63.8 cm³/mol. The average molecular weight is 219 g/mol. The molecule has 15 heavy (non-hydrogen) atoms. The largest absolute Gasteiger partial charge is 0.398 e. The highest BCUT2D eigenvalue weighted by Gasteiger charge is 2.07. The lowest BCUT2D eigenvalue weighted by Gasteiger charge is -2.07. The van der Waals surface area contributed by atoms with Crippen molar-refractivity contribution in [3.63, 3.8) is 0 Å². The molecule has 1 heterocycles. The SMILES string of the molecule is Cc1ccc(-c2c(N)ccnc2Cl)cc1. The molecule has 0 saturated carbocycles. The highest BCUT2D eigenvalue weighted by molar-refractivity contribution is 6.32. The summed E-state index contributed by atoms with van der Waals surface area (Å²) in [6.45, 7) is 2.04. The molecule has 0 bridgehead atoms. The van der Waals surface area contributed by atoms with E-state index in [0.29, 0.717) is 10.8 Å². The molecule has 1 aromatic heterocycles. The van der Waals surface area contributed by atoms with Gasteiger partial charge in [-0.3, -0.25) is 0 Å². The summed E-state index contributed by atoms with van der Waals surface area (Å²) in [5.74, 6) is 0. The molecule has 0 aliphatic rings. The second kappa shape index (κ2) is 3.91. The van der Waals surface area contributed by atoms with Gasteiger partial charge in [-0.25, -0.2) is 4.98 Å². The van der Waals surface area contributed by atoms with E-state index in [1.807, 2.05) is 31.2 Å². The number of aryl methyl sites for hydroxylation is 1. The quantitative estimate of drug-likeness (QED) is 0.746. The van der Waals surface area contributed by atoms with Gasteiger partial charge >= 0.3 is 0 Å². The van der Waals surface area contributed by atoms with E-state index >= 15 is 0 Å². The van der Waals surface area contributed by atoms with Crippen LogP contribution in [0.1, 0.15) is 5.56 Å². The number of nitrogens with two attached hydrogens (primary N) is 1. The Labute approximate surface area is 93.7 Å². The summed E-state index contributed by atoms with van der Waals surface area (Å²) in [6.07, 6.45) is 1.61. The first kappa shape index (κ1) is 9.99. The summed E-state index contributed by atoms with van der Waals surface area (Å²) < 4.78 is 0. The lowest BCUT2D eigenvalue weighted by Crippen LogP contribution is -1.92. The predicted octanol–water partition coefficient (Wildman–Crippen LogP) is 3.29. The Morgan fingerprint density at radius 3 is 2.40 bits per heavy atom. The van der Waals surface area contributed by atoms with E-state index in [9.17, 15) is 0 Å². The monoisotopic (exact) mass is 218 g/mol. The van der Waals surface area contributed by atoms with Crippen LogP contribution in [0.15, 0.2) is 36.5 Å².